The molecule has 3 aromatic heterocycles. The fourth-order valence-corrected chi connectivity index (χ4v) is 4.05. The number of hydrogen-bond donors (Lipinski definition) is 2. The summed E-state index contributed by atoms with van der Waals surface area (Å²) >= 11 is 6.01. The van der Waals surface area contributed by atoms with Crippen molar-refractivity contribution in [3.8, 4) is 11.5 Å². The maximum absolute atomic E-state index is 13.0. The molecule has 0 saturated carbocycles. The van der Waals surface area contributed by atoms with E-state index < -0.39 is 5.97 Å². The topological polar surface area (TPSA) is 105 Å². The van der Waals surface area contributed by atoms with Crippen LogP contribution in [0.15, 0.2) is 73.2 Å². The number of carbonyl (C=O) groups is 2. The average molecular weight is 472 g/mol. The van der Waals surface area contributed by atoms with Crippen LogP contribution in [0, 0.1) is 0 Å². The molecule has 2 N–H and O–H groups in total. The van der Waals surface area contributed by atoms with Crippen LogP contribution in [0.25, 0.3) is 21.8 Å². The van der Waals surface area contributed by atoms with Gasteiger partial charge in [-0.25, -0.2) is 4.79 Å². The van der Waals surface area contributed by atoms with Gasteiger partial charge in [0.1, 0.15) is 11.5 Å². The minimum absolute atomic E-state index is 0.0682. The number of Topliss-reactive ketones (excluding diaryl/α,β-unsaturated/α-hetero) is 1. The monoisotopic (exact) mass is 471 g/mol. The highest BCUT2D eigenvalue weighted by atomic mass is 35.5. The number of benzene rings is 2. The van der Waals surface area contributed by atoms with Gasteiger partial charge in [0.2, 0.25) is 0 Å². The minimum atomic E-state index is -1.09. The third kappa shape index (κ3) is 4.33. The molecule has 5 rings (SSSR count). The molecule has 168 valence electrons. The van der Waals surface area contributed by atoms with E-state index in [0.717, 1.165) is 10.9 Å². The van der Waals surface area contributed by atoms with E-state index in [1.807, 2.05) is 18.2 Å². The van der Waals surface area contributed by atoms with Crippen LogP contribution in [-0.4, -0.2) is 31.8 Å². The Bertz CT molecular complexity index is 1550. The van der Waals surface area contributed by atoms with E-state index in [0.29, 0.717) is 38.7 Å². The van der Waals surface area contributed by atoms with Gasteiger partial charge in [-0.3, -0.25) is 14.8 Å². The van der Waals surface area contributed by atoms with E-state index >= 15 is 0 Å². The Morgan fingerprint density at radius 3 is 2.71 bits per heavy atom. The summed E-state index contributed by atoms with van der Waals surface area (Å²) in [7, 11) is 0. The summed E-state index contributed by atoms with van der Waals surface area (Å²) in [6.07, 6.45) is 5.27. The summed E-state index contributed by atoms with van der Waals surface area (Å²) in [6, 6.07) is 15.7. The van der Waals surface area contributed by atoms with Crippen molar-refractivity contribution >= 4 is 45.2 Å². The van der Waals surface area contributed by atoms with Crippen molar-refractivity contribution in [2.45, 2.75) is 12.8 Å². The number of carbonyl (C=O) groups excluding carboxylic acids is 1. The van der Waals surface area contributed by atoms with Crippen LogP contribution in [0.5, 0.6) is 11.5 Å². The van der Waals surface area contributed by atoms with Crippen LogP contribution in [-0.2, 0) is 6.42 Å². The number of pyridine rings is 2. The Hall–Kier alpha value is -4.23. The molecule has 7 nitrogen and oxygen atoms in total. The number of aryl methyl sites for hydroxylation is 1. The van der Waals surface area contributed by atoms with Gasteiger partial charge in [0.05, 0.1) is 23.0 Å². The van der Waals surface area contributed by atoms with Crippen molar-refractivity contribution in [1.82, 2.24) is 15.0 Å². The standard InChI is InChI=1S/C26H18ClN3O4/c27-16-3-6-22-15(10-16)11-20(26(32)33)23(30-22)7-8-25(31)21-14-29-24-12-17(4-5-19(21)24)34-18-2-1-9-28-13-18/h1-6,9-14,29H,7-8H2,(H,32,33). The number of nitrogens with zero attached hydrogens (tertiary/aromatic N) is 2. The lowest BCUT2D eigenvalue weighted by atomic mass is 10.0. The molecule has 3 heterocycles. The van der Waals surface area contributed by atoms with Crippen LogP contribution >= 0.6 is 11.6 Å². The summed E-state index contributed by atoms with van der Waals surface area (Å²) in [5.41, 5.74) is 2.36. The number of fused-ring (bicyclic) bond motifs is 2. The molecule has 34 heavy (non-hydrogen) atoms. The first-order chi connectivity index (χ1) is 16.5. The first kappa shape index (κ1) is 21.6. The number of hydrogen-bond acceptors (Lipinski definition) is 5. The van der Waals surface area contributed by atoms with Crippen molar-refractivity contribution in [1.29, 1.82) is 0 Å². The molecule has 0 aliphatic heterocycles. The number of rotatable bonds is 7. The first-order valence-electron chi connectivity index (χ1n) is 10.5. The van der Waals surface area contributed by atoms with E-state index in [1.165, 1.54) is 0 Å². The van der Waals surface area contributed by atoms with Gasteiger partial charge in [0.25, 0.3) is 0 Å². The number of ketones is 1. The summed E-state index contributed by atoms with van der Waals surface area (Å²) in [5, 5.41) is 11.5. The molecule has 0 aliphatic carbocycles. The summed E-state index contributed by atoms with van der Waals surface area (Å²) in [4.78, 5) is 36.4. The number of carboxylic acids is 1. The third-order valence-corrected chi connectivity index (χ3v) is 5.73. The molecule has 0 unspecified atom stereocenters. The highest BCUT2D eigenvalue weighted by Crippen LogP contribution is 2.28. The zero-order valence-corrected chi connectivity index (χ0v) is 18.5. The SMILES string of the molecule is O=C(O)c1cc2cc(Cl)ccc2nc1CCC(=O)c1c[nH]c2cc(Oc3cccnc3)ccc12. The van der Waals surface area contributed by atoms with Gasteiger partial charge in [-0.05, 0) is 55.0 Å². The van der Waals surface area contributed by atoms with Gasteiger partial charge in [-0.15, -0.1) is 0 Å². The second-order valence-electron chi connectivity index (χ2n) is 7.75. The molecule has 0 amide bonds. The molecule has 8 heteroatoms. The van der Waals surface area contributed by atoms with Gasteiger partial charge in [0.15, 0.2) is 5.78 Å². The smallest absolute Gasteiger partial charge is 0.337 e. The first-order valence-corrected chi connectivity index (χ1v) is 10.9. The van der Waals surface area contributed by atoms with E-state index in [2.05, 4.69) is 15.0 Å². The van der Waals surface area contributed by atoms with Gasteiger partial charge >= 0.3 is 5.97 Å². The average Bonchev–Trinajstić information content (AvgIpc) is 3.26. The number of aromatic nitrogens is 3. The number of H-pyrrole nitrogens is 1. The van der Waals surface area contributed by atoms with Crippen LogP contribution in [0.1, 0.15) is 32.8 Å². The van der Waals surface area contributed by atoms with Crippen molar-refractivity contribution in [2.24, 2.45) is 0 Å². The van der Waals surface area contributed by atoms with Gasteiger partial charge in [0, 0.05) is 51.8 Å². The molecule has 0 radical (unpaired) electrons. The lowest BCUT2D eigenvalue weighted by molar-refractivity contribution is 0.0694. The van der Waals surface area contributed by atoms with Crippen LogP contribution < -0.4 is 4.74 Å². The maximum atomic E-state index is 13.0. The Balaban J connectivity index is 1.37. The maximum Gasteiger partial charge on any atom is 0.337 e. The largest absolute Gasteiger partial charge is 0.478 e. The number of nitrogens with one attached hydrogen (secondary N) is 1. The highest BCUT2D eigenvalue weighted by molar-refractivity contribution is 6.31. The zero-order chi connectivity index (χ0) is 23.7. The quantitative estimate of drug-likeness (QED) is 0.279. The number of aromatic amines is 1. The normalized spacial score (nSPS) is 11.1. The van der Waals surface area contributed by atoms with Crippen LogP contribution in [0.3, 0.4) is 0 Å². The second kappa shape index (κ2) is 8.96. The summed E-state index contributed by atoms with van der Waals surface area (Å²) in [6.45, 7) is 0. The molecule has 2 aromatic carbocycles. The lowest BCUT2D eigenvalue weighted by Crippen LogP contribution is -2.08. The second-order valence-corrected chi connectivity index (χ2v) is 8.18. The van der Waals surface area contributed by atoms with Crippen molar-refractivity contribution in [3.05, 3.63) is 95.0 Å². The van der Waals surface area contributed by atoms with Crippen molar-refractivity contribution in [2.75, 3.05) is 0 Å². The lowest BCUT2D eigenvalue weighted by Gasteiger charge is -2.08. The number of ether oxygens (including phenoxy) is 1. The molecule has 0 spiro atoms. The van der Waals surface area contributed by atoms with Gasteiger partial charge < -0.3 is 14.8 Å². The Morgan fingerprint density at radius 2 is 1.91 bits per heavy atom. The number of carboxylic acid groups (broad SMARTS) is 1. The van der Waals surface area contributed by atoms with Gasteiger partial charge in [-0.2, -0.15) is 0 Å². The molecule has 0 aliphatic rings. The van der Waals surface area contributed by atoms with Crippen molar-refractivity contribution in [3.63, 3.8) is 0 Å². The van der Waals surface area contributed by atoms with Crippen LogP contribution in [0.2, 0.25) is 5.02 Å². The van der Waals surface area contributed by atoms with Crippen LogP contribution in [0.4, 0.5) is 0 Å². The molecule has 0 atom stereocenters. The van der Waals surface area contributed by atoms with Crippen molar-refractivity contribution < 1.29 is 19.4 Å². The Kier molecular flexibility index (Phi) is 5.69. The molecular weight excluding hydrogens is 454 g/mol. The highest BCUT2D eigenvalue weighted by Gasteiger charge is 2.17. The molecule has 0 fully saturated rings. The fraction of sp³-hybridized carbons (Fsp3) is 0.0769. The van der Waals surface area contributed by atoms with E-state index in [4.69, 9.17) is 16.3 Å². The number of aromatic carboxylic acids is 1. The zero-order valence-electron chi connectivity index (χ0n) is 17.8. The number of halogens is 1. The summed E-state index contributed by atoms with van der Waals surface area (Å²) in [5.74, 6) is 0.0311. The third-order valence-electron chi connectivity index (χ3n) is 5.50. The molecular formula is C26H18ClN3O4. The van der Waals surface area contributed by atoms with Gasteiger partial charge in [-0.1, -0.05) is 11.6 Å². The minimum Gasteiger partial charge on any atom is -0.478 e. The predicted molar refractivity (Wildman–Crippen MR) is 129 cm³/mol. The molecule has 0 saturated heterocycles. The molecule has 0 bridgehead atoms. The summed E-state index contributed by atoms with van der Waals surface area (Å²) < 4.78 is 5.80. The fourth-order valence-electron chi connectivity index (χ4n) is 3.87. The molecule has 5 aromatic rings. The Labute approximate surface area is 199 Å². The Morgan fingerprint density at radius 1 is 1.03 bits per heavy atom. The van der Waals surface area contributed by atoms with E-state index in [-0.39, 0.29) is 24.2 Å². The van der Waals surface area contributed by atoms with E-state index in [9.17, 15) is 14.7 Å². The van der Waals surface area contributed by atoms with E-state index in [1.54, 1.807) is 55.0 Å². The predicted octanol–water partition coefficient (Wildman–Crippen LogP) is 6.07.